The second-order valence-corrected chi connectivity index (χ2v) is 8.57. The van der Waals surface area contributed by atoms with E-state index in [9.17, 15) is 13.2 Å². The molecule has 2 aromatic carbocycles. The van der Waals surface area contributed by atoms with Crippen molar-refractivity contribution < 1.29 is 13.2 Å². The number of nitrogens with zero attached hydrogens (tertiary/aromatic N) is 1. The third kappa shape index (κ3) is 4.14. The van der Waals surface area contributed by atoms with E-state index in [0.717, 1.165) is 5.56 Å². The molecule has 1 aliphatic heterocycles. The van der Waals surface area contributed by atoms with Gasteiger partial charge in [0, 0.05) is 19.0 Å². The minimum atomic E-state index is -3.48. The summed E-state index contributed by atoms with van der Waals surface area (Å²) in [4.78, 5) is 12.8. The van der Waals surface area contributed by atoms with Crippen LogP contribution in [0.25, 0.3) is 0 Å². The highest BCUT2D eigenvalue weighted by atomic mass is 32.2. The molecule has 1 N–H and O–H groups in total. The number of benzene rings is 2. The van der Waals surface area contributed by atoms with Crippen LogP contribution in [0.3, 0.4) is 0 Å². The highest BCUT2D eigenvalue weighted by molar-refractivity contribution is 7.89. The zero-order valence-corrected chi connectivity index (χ0v) is 15.7. The summed E-state index contributed by atoms with van der Waals surface area (Å²) < 4.78 is 26.8. The van der Waals surface area contributed by atoms with Crippen LogP contribution in [0, 0.1) is 5.92 Å². The molecule has 0 spiro atoms. The van der Waals surface area contributed by atoms with Gasteiger partial charge in [0.15, 0.2) is 0 Å². The van der Waals surface area contributed by atoms with Crippen molar-refractivity contribution in [2.45, 2.75) is 30.7 Å². The van der Waals surface area contributed by atoms with E-state index in [1.54, 1.807) is 30.3 Å². The van der Waals surface area contributed by atoms with Crippen molar-refractivity contribution >= 4 is 15.9 Å². The van der Waals surface area contributed by atoms with Gasteiger partial charge in [-0.15, -0.1) is 0 Å². The second kappa shape index (κ2) is 8.01. The number of sulfonamides is 1. The van der Waals surface area contributed by atoms with Crippen molar-refractivity contribution in [2.75, 3.05) is 13.1 Å². The van der Waals surface area contributed by atoms with Crippen molar-refractivity contribution in [1.29, 1.82) is 0 Å². The van der Waals surface area contributed by atoms with E-state index in [1.165, 1.54) is 4.31 Å². The number of nitrogens with one attached hydrogen (secondary N) is 1. The highest BCUT2D eigenvalue weighted by Gasteiger charge is 2.32. The third-order valence-electron chi connectivity index (χ3n) is 4.86. The molecule has 5 nitrogen and oxygen atoms in total. The molecule has 0 aromatic heterocycles. The van der Waals surface area contributed by atoms with Gasteiger partial charge >= 0.3 is 0 Å². The zero-order valence-electron chi connectivity index (χ0n) is 14.8. The van der Waals surface area contributed by atoms with Gasteiger partial charge in [-0.25, -0.2) is 8.42 Å². The van der Waals surface area contributed by atoms with Crippen LogP contribution in [0.2, 0.25) is 0 Å². The van der Waals surface area contributed by atoms with Crippen molar-refractivity contribution in [3.05, 3.63) is 66.2 Å². The Morgan fingerprint density at radius 2 is 1.54 bits per heavy atom. The fourth-order valence-corrected chi connectivity index (χ4v) is 4.75. The molecule has 1 atom stereocenters. The van der Waals surface area contributed by atoms with Crippen LogP contribution >= 0.6 is 0 Å². The number of carbonyl (C=O) groups excluding carboxylic acids is 1. The fraction of sp³-hybridized carbons (Fsp3) is 0.350. The molecule has 3 rings (SSSR count). The maximum Gasteiger partial charge on any atom is 0.243 e. The van der Waals surface area contributed by atoms with Gasteiger partial charge < -0.3 is 5.32 Å². The first-order valence-electron chi connectivity index (χ1n) is 8.89. The lowest BCUT2D eigenvalue weighted by atomic mass is 9.96. The summed E-state index contributed by atoms with van der Waals surface area (Å²) in [6.07, 6.45) is 1.08. The normalized spacial score (nSPS) is 17.6. The molecule has 0 unspecified atom stereocenters. The number of hydrogen-bond acceptors (Lipinski definition) is 3. The van der Waals surface area contributed by atoms with Crippen LogP contribution in [0.5, 0.6) is 0 Å². The predicted octanol–water partition coefficient (Wildman–Crippen LogP) is 2.96. The van der Waals surface area contributed by atoms with Crippen LogP contribution in [0.15, 0.2) is 65.6 Å². The van der Waals surface area contributed by atoms with Crippen LogP contribution in [0.1, 0.15) is 31.4 Å². The summed E-state index contributed by atoms with van der Waals surface area (Å²) in [6.45, 7) is 2.70. The van der Waals surface area contributed by atoms with Crippen LogP contribution < -0.4 is 5.32 Å². The first kappa shape index (κ1) is 18.6. The molecular weight excluding hydrogens is 348 g/mol. The van der Waals surface area contributed by atoms with E-state index < -0.39 is 10.0 Å². The molecule has 138 valence electrons. The van der Waals surface area contributed by atoms with E-state index >= 15 is 0 Å². The number of rotatable bonds is 5. The molecule has 26 heavy (non-hydrogen) atoms. The zero-order chi connectivity index (χ0) is 18.6. The van der Waals surface area contributed by atoms with Crippen molar-refractivity contribution in [2.24, 2.45) is 5.92 Å². The Balaban J connectivity index is 1.57. The van der Waals surface area contributed by atoms with Gasteiger partial charge in [-0.1, -0.05) is 48.5 Å². The standard InChI is InChI=1S/C20H24N2O3S/c1-16(17-8-4-2-5-9-17)21-20(23)18-12-14-22(15-13-18)26(24,25)19-10-6-3-7-11-19/h2-11,16,18H,12-15H2,1H3,(H,21,23)/t16-/m1/s1. The smallest absolute Gasteiger partial charge is 0.243 e. The van der Waals surface area contributed by atoms with Crippen molar-refractivity contribution in [3.8, 4) is 0 Å². The first-order valence-corrected chi connectivity index (χ1v) is 10.3. The summed E-state index contributed by atoms with van der Waals surface area (Å²) in [7, 11) is -3.48. The van der Waals surface area contributed by atoms with Gasteiger partial charge in [0.25, 0.3) is 0 Å². The van der Waals surface area contributed by atoms with E-state index in [1.807, 2.05) is 37.3 Å². The predicted molar refractivity (Wildman–Crippen MR) is 101 cm³/mol. The van der Waals surface area contributed by atoms with E-state index in [2.05, 4.69) is 5.32 Å². The Hall–Kier alpha value is -2.18. The molecule has 0 saturated carbocycles. The number of amides is 1. The Bertz CT molecular complexity index is 830. The largest absolute Gasteiger partial charge is 0.349 e. The molecule has 6 heteroatoms. The summed E-state index contributed by atoms with van der Waals surface area (Å²) in [6, 6.07) is 18.2. The Labute approximate surface area is 155 Å². The van der Waals surface area contributed by atoms with Gasteiger partial charge in [0.2, 0.25) is 15.9 Å². The van der Waals surface area contributed by atoms with Gasteiger partial charge in [0.05, 0.1) is 10.9 Å². The molecule has 1 aliphatic rings. The molecule has 1 saturated heterocycles. The monoisotopic (exact) mass is 372 g/mol. The van der Waals surface area contributed by atoms with Crippen molar-refractivity contribution in [1.82, 2.24) is 9.62 Å². The first-order chi connectivity index (χ1) is 12.5. The quantitative estimate of drug-likeness (QED) is 0.877. The van der Waals surface area contributed by atoms with Gasteiger partial charge in [-0.2, -0.15) is 4.31 Å². The summed E-state index contributed by atoms with van der Waals surface area (Å²) >= 11 is 0. The Morgan fingerprint density at radius 1 is 1.00 bits per heavy atom. The topological polar surface area (TPSA) is 66.5 Å². The summed E-state index contributed by atoms with van der Waals surface area (Å²) in [5.74, 6) is -0.151. The van der Waals surface area contributed by atoms with E-state index in [4.69, 9.17) is 0 Å². The fourth-order valence-electron chi connectivity index (χ4n) is 3.26. The molecule has 0 radical (unpaired) electrons. The van der Waals surface area contributed by atoms with Gasteiger partial charge in [-0.05, 0) is 37.5 Å². The minimum absolute atomic E-state index is 0.00175. The summed E-state index contributed by atoms with van der Waals surface area (Å²) in [5, 5.41) is 3.04. The SMILES string of the molecule is C[C@@H](NC(=O)C1CCN(S(=O)(=O)c2ccccc2)CC1)c1ccccc1. The second-order valence-electron chi connectivity index (χ2n) is 6.63. The molecule has 1 amide bonds. The molecule has 1 heterocycles. The van der Waals surface area contributed by atoms with Crippen LogP contribution in [-0.4, -0.2) is 31.7 Å². The molecule has 1 fully saturated rings. The van der Waals surface area contributed by atoms with Gasteiger partial charge in [0.1, 0.15) is 0 Å². The van der Waals surface area contributed by atoms with E-state index in [-0.39, 0.29) is 17.9 Å². The summed E-state index contributed by atoms with van der Waals surface area (Å²) in [5.41, 5.74) is 1.06. The lowest BCUT2D eigenvalue weighted by molar-refractivity contribution is -0.126. The lowest BCUT2D eigenvalue weighted by Crippen LogP contribution is -2.43. The molecule has 0 bridgehead atoms. The Morgan fingerprint density at radius 3 is 2.12 bits per heavy atom. The lowest BCUT2D eigenvalue weighted by Gasteiger charge is -2.31. The Kier molecular flexibility index (Phi) is 5.74. The number of carbonyl (C=O) groups is 1. The van der Waals surface area contributed by atoms with Crippen molar-refractivity contribution in [3.63, 3.8) is 0 Å². The maximum atomic E-state index is 12.7. The maximum absolute atomic E-state index is 12.7. The average molecular weight is 372 g/mol. The minimum Gasteiger partial charge on any atom is -0.349 e. The number of piperidine rings is 1. The number of hydrogen-bond donors (Lipinski definition) is 1. The van der Waals surface area contributed by atoms with Crippen LogP contribution in [0.4, 0.5) is 0 Å². The highest BCUT2D eigenvalue weighted by Crippen LogP contribution is 2.24. The molecule has 2 aromatic rings. The van der Waals surface area contributed by atoms with Gasteiger partial charge in [-0.3, -0.25) is 4.79 Å². The van der Waals surface area contributed by atoms with E-state index in [0.29, 0.717) is 30.8 Å². The third-order valence-corrected chi connectivity index (χ3v) is 6.78. The average Bonchev–Trinajstić information content (AvgIpc) is 2.69. The van der Waals surface area contributed by atoms with Crippen LogP contribution in [-0.2, 0) is 14.8 Å². The molecular formula is C20H24N2O3S. The molecule has 0 aliphatic carbocycles.